The first-order chi connectivity index (χ1) is 12.1. The number of hydrogen-bond acceptors (Lipinski definition) is 6. The molecule has 2 aromatic heterocycles. The van der Waals surface area contributed by atoms with Crippen LogP contribution in [-0.4, -0.2) is 31.3 Å². The Labute approximate surface area is 145 Å². The first-order valence-corrected chi connectivity index (χ1v) is 8.08. The molecule has 0 unspecified atom stereocenters. The maximum Gasteiger partial charge on any atom is 0.220 e. The van der Waals surface area contributed by atoms with E-state index in [0.717, 1.165) is 11.3 Å². The second-order valence-corrected chi connectivity index (χ2v) is 5.94. The van der Waals surface area contributed by atoms with Crippen molar-refractivity contribution in [3.8, 4) is 18.2 Å². The number of aryl methyl sites for hydroxylation is 1. The zero-order valence-corrected chi connectivity index (χ0v) is 14.0. The molecule has 0 saturated heterocycles. The summed E-state index contributed by atoms with van der Waals surface area (Å²) in [5.74, 6) is 3.19. The average molecular weight is 337 g/mol. The van der Waals surface area contributed by atoms with Crippen LogP contribution in [0.5, 0.6) is 0 Å². The summed E-state index contributed by atoms with van der Waals surface area (Å²) in [6.07, 6.45) is 10.6. The second-order valence-electron chi connectivity index (χ2n) is 5.94. The van der Waals surface area contributed by atoms with Crippen molar-refractivity contribution in [2.75, 3.05) is 0 Å². The zero-order chi connectivity index (χ0) is 17.7. The fourth-order valence-electron chi connectivity index (χ4n) is 2.49. The number of pyridine rings is 1. The van der Waals surface area contributed by atoms with Crippen molar-refractivity contribution in [2.45, 2.75) is 44.8 Å². The van der Waals surface area contributed by atoms with Crippen LogP contribution >= 0.6 is 0 Å². The van der Waals surface area contributed by atoms with Gasteiger partial charge in [-0.2, -0.15) is 15.3 Å². The van der Waals surface area contributed by atoms with Gasteiger partial charge in [-0.3, -0.25) is 4.79 Å². The van der Waals surface area contributed by atoms with Gasteiger partial charge in [0.15, 0.2) is 11.5 Å². The molecule has 8 heteroatoms. The van der Waals surface area contributed by atoms with Crippen LogP contribution in [0.2, 0.25) is 0 Å². The van der Waals surface area contributed by atoms with Crippen molar-refractivity contribution in [3.63, 3.8) is 0 Å². The Morgan fingerprint density at radius 3 is 2.88 bits per heavy atom. The topological polar surface area (TPSA) is 97.4 Å². The number of hydrogen-bond donors (Lipinski definition) is 1. The zero-order valence-electron chi connectivity index (χ0n) is 14.0. The average Bonchev–Trinajstić information content (AvgIpc) is 3.17. The molecule has 2 aromatic rings. The molecule has 1 aliphatic heterocycles. The van der Waals surface area contributed by atoms with Gasteiger partial charge in [-0.25, -0.2) is 14.6 Å². The summed E-state index contributed by atoms with van der Waals surface area (Å²) in [5, 5.41) is 15.1. The molecule has 0 radical (unpaired) electrons. The highest BCUT2D eigenvalue weighted by atomic mass is 16.1. The molecule has 1 aliphatic rings. The van der Waals surface area contributed by atoms with E-state index in [1.807, 2.05) is 19.1 Å². The summed E-state index contributed by atoms with van der Waals surface area (Å²) in [6.45, 7) is 2.27. The van der Waals surface area contributed by atoms with E-state index in [0.29, 0.717) is 38.0 Å². The highest BCUT2D eigenvalue weighted by Crippen LogP contribution is 2.37. The molecule has 0 atom stereocenters. The molecule has 1 N–H and O–H groups in total. The molecule has 1 amide bonds. The van der Waals surface area contributed by atoms with Gasteiger partial charge in [0.05, 0.1) is 0 Å². The van der Waals surface area contributed by atoms with Crippen molar-refractivity contribution < 1.29 is 4.79 Å². The molecule has 0 saturated carbocycles. The lowest BCUT2D eigenvalue weighted by atomic mass is 10.0. The highest BCUT2D eigenvalue weighted by molar-refractivity contribution is 5.76. The highest BCUT2D eigenvalue weighted by Gasteiger charge is 2.39. The van der Waals surface area contributed by atoms with E-state index in [2.05, 4.69) is 36.5 Å². The molecule has 0 aromatic carbocycles. The van der Waals surface area contributed by atoms with Crippen LogP contribution < -0.4 is 5.32 Å². The minimum Gasteiger partial charge on any atom is -0.352 e. The fourth-order valence-corrected chi connectivity index (χ4v) is 2.49. The van der Waals surface area contributed by atoms with Crippen LogP contribution in [0.25, 0.3) is 5.82 Å². The van der Waals surface area contributed by atoms with Gasteiger partial charge in [-0.15, -0.1) is 12.3 Å². The summed E-state index contributed by atoms with van der Waals surface area (Å²) < 4.78 is 1.59. The number of carbonyl (C=O) groups excluding carboxylic acids is 1. The molecular weight excluding hydrogens is 318 g/mol. The van der Waals surface area contributed by atoms with E-state index in [1.54, 1.807) is 11.0 Å². The number of carbonyl (C=O) groups is 1. The van der Waals surface area contributed by atoms with Gasteiger partial charge in [0.2, 0.25) is 5.91 Å². The third-order valence-electron chi connectivity index (χ3n) is 4.01. The predicted octanol–water partition coefficient (Wildman–Crippen LogP) is 1.94. The SMILES string of the molecule is C#CCCC1(CCC(=O)NCc2ccc(C)nc2-n2cncn2)N=N1. The van der Waals surface area contributed by atoms with Gasteiger partial charge < -0.3 is 5.32 Å². The predicted molar refractivity (Wildman–Crippen MR) is 90.6 cm³/mol. The van der Waals surface area contributed by atoms with Crippen molar-refractivity contribution in [1.29, 1.82) is 0 Å². The molecular formula is C17H19N7O. The lowest BCUT2D eigenvalue weighted by Gasteiger charge is -2.11. The lowest BCUT2D eigenvalue weighted by Crippen LogP contribution is -2.25. The van der Waals surface area contributed by atoms with E-state index in [9.17, 15) is 4.79 Å². The van der Waals surface area contributed by atoms with Crippen LogP contribution in [-0.2, 0) is 11.3 Å². The molecule has 0 bridgehead atoms. The maximum atomic E-state index is 12.1. The Balaban J connectivity index is 1.55. The Hall–Kier alpha value is -3.08. The van der Waals surface area contributed by atoms with E-state index >= 15 is 0 Å². The third-order valence-corrected chi connectivity index (χ3v) is 4.01. The Kier molecular flexibility index (Phi) is 4.84. The normalized spacial score (nSPS) is 14.1. The fraction of sp³-hybridized carbons (Fsp3) is 0.412. The number of nitrogens with zero attached hydrogens (tertiary/aromatic N) is 6. The van der Waals surface area contributed by atoms with Gasteiger partial charge in [0.25, 0.3) is 0 Å². The van der Waals surface area contributed by atoms with Crippen LogP contribution in [0.1, 0.15) is 36.9 Å². The van der Waals surface area contributed by atoms with Gasteiger partial charge in [-0.1, -0.05) is 6.07 Å². The lowest BCUT2D eigenvalue weighted by molar-refractivity contribution is -0.121. The van der Waals surface area contributed by atoms with Gasteiger partial charge in [-0.05, 0) is 13.0 Å². The van der Waals surface area contributed by atoms with Crippen molar-refractivity contribution in [1.82, 2.24) is 25.1 Å². The summed E-state index contributed by atoms with van der Waals surface area (Å²) >= 11 is 0. The molecule has 128 valence electrons. The first kappa shape index (κ1) is 16.8. The smallest absolute Gasteiger partial charge is 0.220 e. The Bertz CT molecular complexity index is 814. The van der Waals surface area contributed by atoms with Crippen molar-refractivity contribution >= 4 is 5.91 Å². The molecule has 8 nitrogen and oxygen atoms in total. The Morgan fingerprint density at radius 2 is 2.20 bits per heavy atom. The summed E-state index contributed by atoms with van der Waals surface area (Å²) in [6, 6.07) is 3.83. The van der Waals surface area contributed by atoms with Crippen molar-refractivity contribution in [2.24, 2.45) is 10.2 Å². The quantitative estimate of drug-likeness (QED) is 0.744. The summed E-state index contributed by atoms with van der Waals surface area (Å²) in [4.78, 5) is 20.6. The number of terminal acetylenes is 1. The van der Waals surface area contributed by atoms with Crippen LogP contribution in [0, 0.1) is 19.3 Å². The largest absolute Gasteiger partial charge is 0.352 e. The summed E-state index contributed by atoms with van der Waals surface area (Å²) in [7, 11) is 0. The van der Waals surface area contributed by atoms with Crippen LogP contribution in [0.15, 0.2) is 35.0 Å². The van der Waals surface area contributed by atoms with Crippen LogP contribution in [0.3, 0.4) is 0 Å². The molecule has 0 aliphatic carbocycles. The number of aromatic nitrogens is 4. The monoisotopic (exact) mass is 337 g/mol. The number of rotatable bonds is 8. The van der Waals surface area contributed by atoms with Crippen LogP contribution in [0.4, 0.5) is 0 Å². The molecule has 3 heterocycles. The van der Waals surface area contributed by atoms with E-state index in [1.165, 1.54) is 6.33 Å². The van der Waals surface area contributed by atoms with E-state index in [4.69, 9.17) is 6.42 Å². The maximum absolute atomic E-state index is 12.1. The summed E-state index contributed by atoms with van der Waals surface area (Å²) in [5.41, 5.74) is 1.31. The Morgan fingerprint density at radius 1 is 1.36 bits per heavy atom. The van der Waals surface area contributed by atoms with Crippen molar-refractivity contribution in [3.05, 3.63) is 36.0 Å². The molecule has 25 heavy (non-hydrogen) atoms. The molecule has 0 fully saturated rings. The van der Waals surface area contributed by atoms with E-state index < -0.39 is 5.66 Å². The van der Waals surface area contributed by atoms with E-state index in [-0.39, 0.29) is 5.91 Å². The number of amides is 1. The second kappa shape index (κ2) is 7.21. The van der Waals surface area contributed by atoms with Gasteiger partial charge >= 0.3 is 0 Å². The van der Waals surface area contributed by atoms with Gasteiger partial charge in [0, 0.05) is 43.5 Å². The molecule has 3 rings (SSSR count). The minimum atomic E-state index is -0.430. The van der Waals surface area contributed by atoms with Gasteiger partial charge in [0.1, 0.15) is 12.7 Å². The standard InChI is InChI=1S/C17H19N7O/c1-3-4-8-17(22-23-17)9-7-15(25)19-10-14-6-5-13(2)21-16(14)24-12-18-11-20-24/h1,5-6,11-12H,4,7-10H2,2H3,(H,19,25). The first-order valence-electron chi connectivity index (χ1n) is 8.08. The third kappa shape index (κ3) is 4.26. The minimum absolute atomic E-state index is 0.0532. The molecule has 0 spiro atoms. The number of nitrogens with one attached hydrogen (secondary N) is 1.